The third kappa shape index (κ3) is 7.23. The fourth-order valence-corrected chi connectivity index (χ4v) is 3.88. The van der Waals surface area contributed by atoms with E-state index >= 15 is 0 Å². The van der Waals surface area contributed by atoms with Crippen LogP contribution in [-0.4, -0.2) is 31.3 Å². The van der Waals surface area contributed by atoms with Crippen molar-refractivity contribution < 1.29 is 19.1 Å². The second-order valence-corrected chi connectivity index (χ2v) is 13.4. The highest BCUT2D eigenvalue weighted by Crippen LogP contribution is 2.38. The zero-order valence-electron chi connectivity index (χ0n) is 15.8. The number of halogens is 2. The lowest BCUT2D eigenvalue weighted by atomic mass is 10.1. The van der Waals surface area contributed by atoms with E-state index in [0.717, 1.165) is 0 Å². The quantitative estimate of drug-likeness (QED) is 0.427. The maximum absolute atomic E-state index is 12.3. The summed E-state index contributed by atoms with van der Waals surface area (Å²) in [6.07, 6.45) is 2.17. The first-order valence-corrected chi connectivity index (χ1v) is 12.0. The van der Waals surface area contributed by atoms with Crippen LogP contribution >= 0.6 is 23.2 Å². The Morgan fingerprint density at radius 3 is 2.35 bits per heavy atom. The van der Waals surface area contributed by atoms with Crippen molar-refractivity contribution in [2.24, 2.45) is 0 Å². The third-order valence-electron chi connectivity index (χ3n) is 4.51. The summed E-state index contributed by atoms with van der Waals surface area (Å²) in [5.41, 5.74) is 0.671. The number of carbonyl (C=O) groups excluding carboxylic acids is 1. The minimum absolute atomic E-state index is 0.0144. The normalized spacial score (nSPS) is 13.8. The van der Waals surface area contributed by atoms with Crippen LogP contribution in [0.5, 0.6) is 0 Å². The first-order chi connectivity index (χ1) is 11.8. The molecular weight excluding hydrogens is 391 g/mol. The van der Waals surface area contributed by atoms with Crippen LogP contribution in [0.4, 0.5) is 0 Å². The third-order valence-corrected chi connectivity index (χ3v) is 9.61. The highest BCUT2D eigenvalue weighted by molar-refractivity contribution is 6.74. The van der Waals surface area contributed by atoms with Crippen LogP contribution in [0.25, 0.3) is 6.08 Å². The molecule has 144 valence electrons. The second-order valence-electron chi connectivity index (χ2n) is 7.77. The maximum atomic E-state index is 12.3. The number of hydrogen-bond acceptors (Lipinski definition) is 3. The summed E-state index contributed by atoms with van der Waals surface area (Å²) in [5.74, 6) is -1.19. The average molecular weight is 417 g/mol. The molecule has 0 saturated heterocycles. The molecule has 1 aromatic rings. The maximum Gasteiger partial charge on any atom is 0.305 e. The van der Waals surface area contributed by atoms with Crippen molar-refractivity contribution >= 4 is 49.3 Å². The minimum atomic E-state index is -2.18. The topological polar surface area (TPSA) is 63.6 Å². The van der Waals surface area contributed by atoms with Crippen LogP contribution in [-0.2, 0) is 14.0 Å². The molecule has 7 heteroatoms. The molecular formula is C19H26Cl2O4Si. The van der Waals surface area contributed by atoms with Crippen molar-refractivity contribution in [2.75, 3.05) is 0 Å². The van der Waals surface area contributed by atoms with Crippen LogP contribution in [0.15, 0.2) is 24.3 Å². The Labute approximate surface area is 166 Å². The molecule has 0 aliphatic carbocycles. The van der Waals surface area contributed by atoms with Gasteiger partial charge in [0.1, 0.15) is 0 Å². The van der Waals surface area contributed by atoms with Gasteiger partial charge >= 0.3 is 5.97 Å². The number of ketones is 1. The van der Waals surface area contributed by atoms with Gasteiger partial charge in [-0.15, -0.1) is 0 Å². The molecule has 0 amide bonds. The molecule has 0 bridgehead atoms. The van der Waals surface area contributed by atoms with E-state index in [9.17, 15) is 9.59 Å². The summed E-state index contributed by atoms with van der Waals surface area (Å²) in [6.45, 7) is 10.3. The number of rotatable bonds is 8. The fourth-order valence-electron chi connectivity index (χ4n) is 2.06. The molecule has 1 atom stereocenters. The smallest absolute Gasteiger partial charge is 0.305 e. The number of carbonyl (C=O) groups is 2. The number of allylic oxidation sites excluding steroid dienone is 1. The van der Waals surface area contributed by atoms with Gasteiger partial charge in [-0.3, -0.25) is 9.59 Å². The van der Waals surface area contributed by atoms with Gasteiger partial charge in [0.25, 0.3) is 0 Å². The summed E-state index contributed by atoms with van der Waals surface area (Å²) < 4.78 is 6.14. The number of aliphatic carboxylic acids is 1. The monoisotopic (exact) mass is 416 g/mol. The van der Waals surface area contributed by atoms with Crippen LogP contribution < -0.4 is 0 Å². The van der Waals surface area contributed by atoms with Gasteiger partial charge in [0.2, 0.25) is 0 Å². The van der Waals surface area contributed by atoms with Crippen molar-refractivity contribution in [1.29, 1.82) is 0 Å². The van der Waals surface area contributed by atoms with Crippen LogP contribution in [0.2, 0.25) is 28.2 Å². The van der Waals surface area contributed by atoms with E-state index < -0.39 is 20.4 Å². The molecule has 4 nitrogen and oxygen atoms in total. The zero-order chi connectivity index (χ0) is 20.1. The summed E-state index contributed by atoms with van der Waals surface area (Å²) in [7, 11) is -2.18. The molecule has 0 saturated carbocycles. The standard InChI is InChI=1S/C19H26Cl2O4Si/c1-19(2,3)26(4,5)25-16(12-18(23)24)11-15(22)9-7-13-6-8-14(20)10-17(13)21/h6-10,16H,11-12H2,1-5H3,(H,23,24). The van der Waals surface area contributed by atoms with Gasteiger partial charge in [0.15, 0.2) is 14.1 Å². The Morgan fingerprint density at radius 1 is 1.23 bits per heavy atom. The molecule has 1 unspecified atom stereocenters. The van der Waals surface area contributed by atoms with E-state index in [0.29, 0.717) is 15.6 Å². The molecule has 0 radical (unpaired) electrons. The van der Waals surface area contributed by atoms with Crippen LogP contribution in [0.3, 0.4) is 0 Å². The lowest BCUT2D eigenvalue weighted by Gasteiger charge is -2.38. The number of hydrogen-bond donors (Lipinski definition) is 1. The molecule has 0 fully saturated rings. The van der Waals surface area contributed by atoms with Crippen LogP contribution in [0.1, 0.15) is 39.2 Å². The predicted molar refractivity (Wildman–Crippen MR) is 109 cm³/mol. The predicted octanol–water partition coefficient (Wildman–Crippen LogP) is 5.83. The molecule has 0 spiro atoms. The summed E-state index contributed by atoms with van der Waals surface area (Å²) in [4.78, 5) is 23.5. The molecule has 1 N–H and O–H groups in total. The summed E-state index contributed by atoms with van der Waals surface area (Å²) >= 11 is 11.9. The van der Waals surface area contributed by atoms with Gasteiger partial charge in [0, 0.05) is 16.5 Å². The molecule has 0 aromatic heterocycles. The van der Waals surface area contributed by atoms with E-state index in [1.807, 2.05) is 13.1 Å². The Kier molecular flexibility index (Phi) is 8.08. The summed E-state index contributed by atoms with van der Waals surface area (Å²) in [5, 5.41) is 10.0. The van der Waals surface area contributed by atoms with E-state index in [4.69, 9.17) is 32.7 Å². The molecule has 0 aliphatic heterocycles. The lowest BCUT2D eigenvalue weighted by Crippen LogP contribution is -2.44. The SMILES string of the molecule is CC(C)(C)[Si](C)(C)OC(CC(=O)O)CC(=O)C=Cc1ccc(Cl)cc1Cl. The highest BCUT2D eigenvalue weighted by atomic mass is 35.5. The number of benzene rings is 1. The average Bonchev–Trinajstić information content (AvgIpc) is 2.43. The zero-order valence-corrected chi connectivity index (χ0v) is 18.3. The molecule has 0 aliphatic rings. The first-order valence-electron chi connectivity index (χ1n) is 8.37. The molecule has 0 heterocycles. The van der Waals surface area contributed by atoms with Crippen molar-refractivity contribution in [1.82, 2.24) is 0 Å². The molecule has 1 rings (SSSR count). The highest BCUT2D eigenvalue weighted by Gasteiger charge is 2.39. The lowest BCUT2D eigenvalue weighted by molar-refractivity contribution is -0.139. The van der Waals surface area contributed by atoms with Gasteiger partial charge < -0.3 is 9.53 Å². The van der Waals surface area contributed by atoms with E-state index in [1.54, 1.807) is 24.3 Å². The van der Waals surface area contributed by atoms with E-state index in [1.165, 1.54) is 6.08 Å². The van der Waals surface area contributed by atoms with Gasteiger partial charge in [0.05, 0.1) is 12.5 Å². The number of carboxylic acids is 1. The Bertz CT molecular complexity index is 693. The summed E-state index contributed by atoms with van der Waals surface area (Å²) in [6, 6.07) is 5.00. The van der Waals surface area contributed by atoms with Crippen molar-refractivity contribution in [3.63, 3.8) is 0 Å². The fraction of sp³-hybridized carbons (Fsp3) is 0.474. The van der Waals surface area contributed by atoms with Crippen molar-refractivity contribution in [3.05, 3.63) is 39.9 Å². The van der Waals surface area contributed by atoms with Crippen LogP contribution in [0, 0.1) is 0 Å². The molecule has 1 aromatic carbocycles. The number of carboxylic acid groups (broad SMARTS) is 1. The van der Waals surface area contributed by atoms with Gasteiger partial charge in [-0.2, -0.15) is 0 Å². The molecule has 26 heavy (non-hydrogen) atoms. The van der Waals surface area contributed by atoms with E-state index in [2.05, 4.69) is 20.8 Å². The van der Waals surface area contributed by atoms with Gasteiger partial charge in [-0.25, -0.2) is 0 Å². The van der Waals surface area contributed by atoms with E-state index in [-0.39, 0.29) is 23.7 Å². The van der Waals surface area contributed by atoms with Crippen molar-refractivity contribution in [3.8, 4) is 0 Å². The van der Waals surface area contributed by atoms with Crippen molar-refractivity contribution in [2.45, 2.75) is 57.8 Å². The first kappa shape index (κ1) is 22.9. The Hall–Kier alpha value is -1.14. The Morgan fingerprint density at radius 2 is 1.85 bits per heavy atom. The minimum Gasteiger partial charge on any atom is -0.481 e. The second kappa shape index (κ2) is 9.18. The van der Waals surface area contributed by atoms with Gasteiger partial charge in [-0.05, 0) is 48.0 Å². The van der Waals surface area contributed by atoms with Gasteiger partial charge in [-0.1, -0.05) is 50.0 Å². The Balaban J connectivity index is 2.85. The largest absolute Gasteiger partial charge is 0.481 e.